The average Bonchev–Trinajstić information content (AvgIpc) is 2.62. The summed E-state index contributed by atoms with van der Waals surface area (Å²) in [5, 5.41) is 3.53. The predicted octanol–water partition coefficient (Wildman–Crippen LogP) is 5.52. The van der Waals surface area contributed by atoms with Crippen LogP contribution in [0, 0.1) is 0 Å². The third-order valence-electron chi connectivity index (χ3n) is 3.90. The Kier molecular flexibility index (Phi) is 8.73. The number of nitrogens with two attached hydrogens (primary N) is 1. The van der Waals surface area contributed by atoms with Crippen LogP contribution < -0.4 is 11.1 Å². The number of hydrogen-bond acceptors (Lipinski definition) is 3. The van der Waals surface area contributed by atoms with E-state index in [1.165, 1.54) is 0 Å². The monoisotopic (exact) mass is 423 g/mol. The molecule has 0 spiro atoms. The van der Waals surface area contributed by atoms with Gasteiger partial charge >= 0.3 is 0 Å². The fraction of sp³-hybridized carbons (Fsp3) is 0.100. The number of carbonyl (C=O) groups excluding carboxylic acids is 1. The molecule has 0 bridgehead atoms. The number of amides is 1. The van der Waals surface area contributed by atoms with Crippen LogP contribution >= 0.6 is 36.4 Å². The highest BCUT2D eigenvalue weighted by Crippen LogP contribution is 2.29. The van der Waals surface area contributed by atoms with Crippen LogP contribution in [0.5, 0.6) is 0 Å². The second kappa shape index (κ2) is 10.3. The lowest BCUT2D eigenvalue weighted by molar-refractivity contribution is 0.102. The highest BCUT2D eigenvalue weighted by Gasteiger charge is 2.14. The first-order valence-corrected chi connectivity index (χ1v) is 8.29. The fourth-order valence-corrected chi connectivity index (χ4v) is 2.74. The van der Waals surface area contributed by atoms with Gasteiger partial charge in [-0.05, 0) is 60.0 Å². The number of halogens is 3. The van der Waals surface area contributed by atoms with Gasteiger partial charge in [-0.3, -0.25) is 9.78 Å². The minimum Gasteiger partial charge on any atom is -0.324 e. The second-order valence-electron chi connectivity index (χ2n) is 5.79. The summed E-state index contributed by atoms with van der Waals surface area (Å²) in [7, 11) is 0. The molecule has 0 saturated carbocycles. The van der Waals surface area contributed by atoms with Crippen molar-refractivity contribution >= 4 is 48.0 Å². The first-order valence-electron chi connectivity index (χ1n) is 7.91. The molecule has 0 aliphatic carbocycles. The molecule has 4 nitrogen and oxygen atoms in total. The van der Waals surface area contributed by atoms with Crippen molar-refractivity contribution in [3.8, 4) is 11.1 Å². The van der Waals surface area contributed by atoms with Gasteiger partial charge in [0.05, 0.1) is 0 Å². The van der Waals surface area contributed by atoms with Crippen molar-refractivity contribution in [1.29, 1.82) is 0 Å². The fourth-order valence-electron chi connectivity index (χ4n) is 2.61. The van der Waals surface area contributed by atoms with E-state index in [1.807, 2.05) is 43.3 Å². The zero-order valence-electron chi connectivity index (χ0n) is 14.6. The van der Waals surface area contributed by atoms with E-state index < -0.39 is 0 Å². The van der Waals surface area contributed by atoms with E-state index in [0.29, 0.717) is 16.3 Å². The van der Waals surface area contributed by atoms with Crippen LogP contribution in [0.15, 0.2) is 67.0 Å². The van der Waals surface area contributed by atoms with Crippen molar-refractivity contribution in [2.24, 2.45) is 5.73 Å². The normalized spacial score (nSPS) is 10.9. The summed E-state index contributed by atoms with van der Waals surface area (Å²) >= 11 is 5.98. The maximum absolute atomic E-state index is 12.5. The minimum absolute atomic E-state index is 0. The zero-order valence-corrected chi connectivity index (χ0v) is 16.9. The summed E-state index contributed by atoms with van der Waals surface area (Å²) in [6, 6.07) is 16.4. The molecule has 3 rings (SSSR count). The summed E-state index contributed by atoms with van der Waals surface area (Å²) < 4.78 is 0. The minimum atomic E-state index is -0.183. The van der Waals surface area contributed by atoms with Gasteiger partial charge in [-0.2, -0.15) is 0 Å². The molecule has 1 atom stereocenters. The molecule has 142 valence electrons. The van der Waals surface area contributed by atoms with E-state index in [4.69, 9.17) is 17.3 Å². The van der Waals surface area contributed by atoms with Crippen LogP contribution in [0.1, 0.15) is 28.9 Å². The summed E-state index contributed by atoms with van der Waals surface area (Å²) in [6.07, 6.45) is 3.27. The standard InChI is InChI=1S/C20H18ClN3O.2ClH/c1-13(22)18-7-4-15(20(25)24-17-8-10-23-11-9-17)12-19(18)14-2-5-16(21)6-3-14;;/h2-13H,22H2,1H3,(H,23,24,25);2*1H. The largest absolute Gasteiger partial charge is 0.324 e. The maximum Gasteiger partial charge on any atom is 0.255 e. The molecule has 0 radical (unpaired) electrons. The van der Waals surface area contributed by atoms with Crippen molar-refractivity contribution in [3.63, 3.8) is 0 Å². The van der Waals surface area contributed by atoms with E-state index in [0.717, 1.165) is 16.7 Å². The molecule has 0 fully saturated rings. The first-order chi connectivity index (χ1) is 12.0. The SMILES string of the molecule is CC(N)c1ccc(C(=O)Nc2ccncc2)cc1-c1ccc(Cl)cc1.Cl.Cl. The molecule has 3 aromatic rings. The lowest BCUT2D eigenvalue weighted by Crippen LogP contribution is -2.13. The van der Waals surface area contributed by atoms with Gasteiger partial charge in [0.15, 0.2) is 0 Å². The lowest BCUT2D eigenvalue weighted by atomic mass is 9.93. The van der Waals surface area contributed by atoms with Gasteiger partial charge in [0.25, 0.3) is 5.91 Å². The smallest absolute Gasteiger partial charge is 0.255 e. The van der Waals surface area contributed by atoms with E-state index >= 15 is 0 Å². The molecule has 0 aliphatic heterocycles. The van der Waals surface area contributed by atoms with E-state index in [9.17, 15) is 4.79 Å². The Hall–Kier alpha value is -2.11. The van der Waals surface area contributed by atoms with Crippen LogP contribution in [-0.2, 0) is 0 Å². The molecule has 0 aliphatic rings. The highest BCUT2D eigenvalue weighted by atomic mass is 35.5. The Bertz CT molecular complexity index is 885. The Labute approximate surface area is 176 Å². The van der Waals surface area contributed by atoms with Crippen molar-refractivity contribution < 1.29 is 4.79 Å². The first kappa shape index (κ1) is 22.9. The Morgan fingerprint density at radius 2 is 1.67 bits per heavy atom. The summed E-state index contributed by atoms with van der Waals surface area (Å²) in [4.78, 5) is 16.5. The summed E-state index contributed by atoms with van der Waals surface area (Å²) in [6.45, 7) is 1.92. The van der Waals surface area contributed by atoms with E-state index in [1.54, 1.807) is 30.6 Å². The van der Waals surface area contributed by atoms with Gasteiger partial charge in [-0.25, -0.2) is 0 Å². The van der Waals surface area contributed by atoms with Crippen LogP contribution in [0.4, 0.5) is 5.69 Å². The number of anilines is 1. The average molecular weight is 425 g/mol. The predicted molar refractivity (Wildman–Crippen MR) is 116 cm³/mol. The molecule has 1 unspecified atom stereocenters. The van der Waals surface area contributed by atoms with Crippen molar-refractivity contribution in [1.82, 2.24) is 4.98 Å². The van der Waals surface area contributed by atoms with E-state index in [-0.39, 0.29) is 36.8 Å². The number of benzene rings is 2. The maximum atomic E-state index is 12.5. The molecule has 1 amide bonds. The highest BCUT2D eigenvalue weighted by molar-refractivity contribution is 6.30. The summed E-state index contributed by atoms with van der Waals surface area (Å²) in [5.41, 5.74) is 10.2. The number of aromatic nitrogens is 1. The zero-order chi connectivity index (χ0) is 17.8. The third kappa shape index (κ3) is 5.68. The molecule has 2 aromatic carbocycles. The number of carbonyl (C=O) groups is 1. The molecule has 0 saturated heterocycles. The lowest BCUT2D eigenvalue weighted by Gasteiger charge is -2.15. The summed E-state index contributed by atoms with van der Waals surface area (Å²) in [5.74, 6) is -0.183. The van der Waals surface area contributed by atoms with Gasteiger partial charge in [0.2, 0.25) is 0 Å². The topological polar surface area (TPSA) is 68.0 Å². The number of pyridine rings is 1. The number of nitrogens with zero attached hydrogens (tertiary/aromatic N) is 1. The van der Waals surface area contributed by atoms with Gasteiger partial charge in [-0.15, -0.1) is 24.8 Å². The van der Waals surface area contributed by atoms with Crippen molar-refractivity contribution in [2.45, 2.75) is 13.0 Å². The van der Waals surface area contributed by atoms with Gasteiger partial charge in [0, 0.05) is 34.7 Å². The van der Waals surface area contributed by atoms with Crippen LogP contribution in [-0.4, -0.2) is 10.9 Å². The number of nitrogens with one attached hydrogen (secondary N) is 1. The Morgan fingerprint density at radius 1 is 1.04 bits per heavy atom. The quantitative estimate of drug-likeness (QED) is 0.579. The molecular weight excluding hydrogens is 405 g/mol. The van der Waals surface area contributed by atoms with Crippen molar-refractivity contribution in [2.75, 3.05) is 5.32 Å². The Morgan fingerprint density at radius 3 is 2.26 bits per heavy atom. The van der Waals surface area contributed by atoms with E-state index in [2.05, 4.69) is 10.3 Å². The van der Waals surface area contributed by atoms with Gasteiger partial charge in [0.1, 0.15) is 0 Å². The number of hydrogen-bond donors (Lipinski definition) is 2. The Balaban J connectivity index is 0.00000182. The van der Waals surface area contributed by atoms with Gasteiger partial charge in [-0.1, -0.05) is 29.8 Å². The van der Waals surface area contributed by atoms with Crippen molar-refractivity contribution in [3.05, 3.63) is 83.1 Å². The second-order valence-corrected chi connectivity index (χ2v) is 6.22. The molecular formula is C20H20Cl3N3O. The molecule has 1 aromatic heterocycles. The molecule has 1 heterocycles. The van der Waals surface area contributed by atoms with Crippen LogP contribution in [0.3, 0.4) is 0 Å². The number of rotatable bonds is 4. The third-order valence-corrected chi connectivity index (χ3v) is 4.15. The molecule has 27 heavy (non-hydrogen) atoms. The van der Waals surface area contributed by atoms with Crippen LogP contribution in [0.25, 0.3) is 11.1 Å². The van der Waals surface area contributed by atoms with Gasteiger partial charge < -0.3 is 11.1 Å². The molecule has 3 N–H and O–H groups in total. The van der Waals surface area contributed by atoms with Crippen LogP contribution in [0.2, 0.25) is 5.02 Å². The molecule has 7 heteroatoms.